The van der Waals surface area contributed by atoms with Gasteiger partial charge in [-0.3, -0.25) is 14.4 Å². The Morgan fingerprint density at radius 2 is 1.85 bits per heavy atom. The van der Waals surface area contributed by atoms with Gasteiger partial charge in [0.05, 0.1) is 0 Å². The lowest BCUT2D eigenvalue weighted by Crippen LogP contribution is -2.61. The van der Waals surface area contributed by atoms with Crippen LogP contribution in [0.15, 0.2) is 30.3 Å². The summed E-state index contributed by atoms with van der Waals surface area (Å²) in [5.41, 5.74) is 0.334. The number of benzene rings is 1. The molecule has 1 atom stereocenters. The van der Waals surface area contributed by atoms with Gasteiger partial charge in [0, 0.05) is 19.4 Å². The van der Waals surface area contributed by atoms with Gasteiger partial charge in [-0.2, -0.15) is 0 Å². The molecule has 1 aromatic rings. The van der Waals surface area contributed by atoms with Crippen LogP contribution in [0.2, 0.25) is 0 Å². The molecule has 2 amide bonds. The lowest BCUT2D eigenvalue weighted by Gasteiger charge is -2.46. The number of Topliss-reactive ketones (excluding diaryl/α,β-unsaturated/α-hetero) is 1. The fraction of sp³-hybridized carbons (Fsp3) is 0.591. The zero-order valence-corrected chi connectivity index (χ0v) is 16.2. The summed E-state index contributed by atoms with van der Waals surface area (Å²) < 4.78 is 0. The van der Waals surface area contributed by atoms with Gasteiger partial charge in [0.25, 0.3) is 0 Å². The highest BCUT2D eigenvalue weighted by molar-refractivity contribution is 5.98. The summed E-state index contributed by atoms with van der Waals surface area (Å²) in [4.78, 5) is 40.5. The van der Waals surface area contributed by atoms with E-state index in [0.717, 1.165) is 24.8 Å². The summed E-state index contributed by atoms with van der Waals surface area (Å²) in [6.07, 6.45) is 6.27. The monoisotopic (exact) mass is 370 g/mol. The van der Waals surface area contributed by atoms with E-state index >= 15 is 0 Å². The molecule has 1 aliphatic carbocycles. The second-order valence-electron chi connectivity index (χ2n) is 7.71. The number of rotatable bonds is 7. The van der Waals surface area contributed by atoms with Crippen LogP contribution in [0.3, 0.4) is 0 Å². The molecule has 1 aliphatic heterocycles. The van der Waals surface area contributed by atoms with Crippen molar-refractivity contribution in [2.24, 2.45) is 0 Å². The number of hydrogen-bond acceptors (Lipinski definition) is 3. The molecule has 2 aliphatic rings. The Morgan fingerprint density at radius 1 is 1.15 bits per heavy atom. The van der Waals surface area contributed by atoms with Gasteiger partial charge in [-0.15, -0.1) is 0 Å². The molecular formula is C22H30N2O3. The maximum Gasteiger partial charge on any atom is 0.242 e. The van der Waals surface area contributed by atoms with Gasteiger partial charge in [-0.05, 0) is 38.2 Å². The van der Waals surface area contributed by atoms with E-state index in [0.29, 0.717) is 45.1 Å². The maximum atomic E-state index is 13.4. The quantitative estimate of drug-likeness (QED) is 0.802. The van der Waals surface area contributed by atoms with Gasteiger partial charge in [0.1, 0.15) is 11.6 Å². The second-order valence-corrected chi connectivity index (χ2v) is 7.71. The lowest BCUT2D eigenvalue weighted by atomic mass is 9.75. The maximum absolute atomic E-state index is 13.4. The summed E-state index contributed by atoms with van der Waals surface area (Å²) >= 11 is 0. The summed E-state index contributed by atoms with van der Waals surface area (Å²) in [5, 5.41) is 2.85. The molecule has 0 unspecified atom stereocenters. The number of amides is 2. The average molecular weight is 370 g/mol. The van der Waals surface area contributed by atoms with Gasteiger partial charge in [-0.1, -0.05) is 49.6 Å². The van der Waals surface area contributed by atoms with Crippen molar-refractivity contribution in [1.82, 2.24) is 10.2 Å². The molecule has 1 N–H and O–H groups in total. The van der Waals surface area contributed by atoms with E-state index in [1.807, 2.05) is 37.3 Å². The number of carbonyl (C=O) groups excluding carboxylic acids is 3. The number of hydrogen-bond donors (Lipinski definition) is 1. The van der Waals surface area contributed by atoms with E-state index in [1.54, 1.807) is 4.90 Å². The first kappa shape index (κ1) is 19.6. The number of likely N-dealkylation sites (tertiary alicyclic amines) is 1. The SMILES string of the molecule is CCNC(=O)[C@@H]1CCC(=O)N1C1(C(=O)CCc2ccccc2)CCCCC1. The van der Waals surface area contributed by atoms with Crippen LogP contribution in [-0.2, 0) is 20.8 Å². The van der Waals surface area contributed by atoms with Crippen molar-refractivity contribution in [3.05, 3.63) is 35.9 Å². The minimum Gasteiger partial charge on any atom is -0.355 e. The third kappa shape index (κ3) is 4.07. The zero-order chi connectivity index (χ0) is 19.3. The van der Waals surface area contributed by atoms with Gasteiger partial charge in [0.15, 0.2) is 5.78 Å². The number of likely N-dealkylation sites (N-methyl/N-ethyl adjacent to an activating group) is 1. The van der Waals surface area contributed by atoms with Crippen LogP contribution in [0.25, 0.3) is 0 Å². The summed E-state index contributed by atoms with van der Waals surface area (Å²) in [5.74, 6) is -0.0408. The number of aryl methyl sites for hydroxylation is 1. The number of nitrogens with zero attached hydrogens (tertiary/aromatic N) is 1. The molecule has 5 nitrogen and oxygen atoms in total. The normalized spacial score (nSPS) is 21.9. The Morgan fingerprint density at radius 3 is 2.52 bits per heavy atom. The molecular weight excluding hydrogens is 340 g/mol. The molecule has 0 aromatic heterocycles. The molecule has 1 heterocycles. The van der Waals surface area contributed by atoms with Crippen molar-refractivity contribution < 1.29 is 14.4 Å². The van der Waals surface area contributed by atoms with Gasteiger partial charge in [0.2, 0.25) is 11.8 Å². The summed E-state index contributed by atoms with van der Waals surface area (Å²) in [6.45, 7) is 2.41. The van der Waals surface area contributed by atoms with Gasteiger partial charge < -0.3 is 10.2 Å². The first-order chi connectivity index (χ1) is 13.1. The Hall–Kier alpha value is -2.17. The molecule has 1 saturated carbocycles. The van der Waals surface area contributed by atoms with Crippen molar-refractivity contribution in [3.8, 4) is 0 Å². The van der Waals surface area contributed by atoms with Crippen LogP contribution in [0.1, 0.15) is 63.9 Å². The van der Waals surface area contributed by atoms with Gasteiger partial charge >= 0.3 is 0 Å². The predicted octanol–water partition coefficient (Wildman–Crippen LogP) is 3.02. The fourth-order valence-electron chi connectivity index (χ4n) is 4.69. The van der Waals surface area contributed by atoms with E-state index in [2.05, 4.69) is 5.32 Å². The Balaban J connectivity index is 1.83. The Kier molecular flexibility index (Phi) is 6.30. The zero-order valence-electron chi connectivity index (χ0n) is 16.2. The highest BCUT2D eigenvalue weighted by atomic mass is 16.2. The molecule has 0 spiro atoms. The van der Waals surface area contributed by atoms with E-state index in [1.165, 1.54) is 0 Å². The van der Waals surface area contributed by atoms with Crippen molar-refractivity contribution in [3.63, 3.8) is 0 Å². The predicted molar refractivity (Wildman–Crippen MR) is 104 cm³/mol. The van der Waals surface area contributed by atoms with Crippen LogP contribution < -0.4 is 5.32 Å². The summed E-state index contributed by atoms with van der Waals surface area (Å²) in [7, 11) is 0. The van der Waals surface area contributed by atoms with Crippen LogP contribution >= 0.6 is 0 Å². The van der Waals surface area contributed by atoms with Crippen LogP contribution in [0.5, 0.6) is 0 Å². The van der Waals surface area contributed by atoms with E-state index in [4.69, 9.17) is 0 Å². The van der Waals surface area contributed by atoms with E-state index < -0.39 is 11.6 Å². The molecule has 1 aromatic carbocycles. The highest BCUT2D eigenvalue weighted by Gasteiger charge is 2.52. The largest absolute Gasteiger partial charge is 0.355 e. The molecule has 27 heavy (non-hydrogen) atoms. The molecule has 3 rings (SSSR count). The molecule has 5 heteroatoms. The highest BCUT2D eigenvalue weighted by Crippen LogP contribution is 2.40. The van der Waals surface area contributed by atoms with Crippen molar-refractivity contribution in [2.75, 3.05) is 6.54 Å². The van der Waals surface area contributed by atoms with E-state index in [9.17, 15) is 14.4 Å². The molecule has 0 bridgehead atoms. The lowest BCUT2D eigenvalue weighted by molar-refractivity contribution is -0.151. The second kappa shape index (κ2) is 8.68. The number of ketones is 1. The van der Waals surface area contributed by atoms with Crippen molar-refractivity contribution in [2.45, 2.75) is 76.3 Å². The minimum atomic E-state index is -0.795. The van der Waals surface area contributed by atoms with Crippen molar-refractivity contribution in [1.29, 1.82) is 0 Å². The van der Waals surface area contributed by atoms with Gasteiger partial charge in [-0.25, -0.2) is 0 Å². The van der Waals surface area contributed by atoms with Crippen LogP contribution in [0.4, 0.5) is 0 Å². The Bertz CT molecular complexity index is 680. The molecule has 146 valence electrons. The molecule has 1 saturated heterocycles. The number of carbonyl (C=O) groups is 3. The van der Waals surface area contributed by atoms with Crippen LogP contribution in [0, 0.1) is 0 Å². The molecule has 2 fully saturated rings. The minimum absolute atomic E-state index is 0.0405. The third-order valence-electron chi connectivity index (χ3n) is 6.01. The molecule has 0 radical (unpaired) electrons. The summed E-state index contributed by atoms with van der Waals surface area (Å²) in [6, 6.07) is 9.47. The van der Waals surface area contributed by atoms with Crippen LogP contribution in [-0.4, -0.2) is 40.6 Å². The smallest absolute Gasteiger partial charge is 0.242 e. The average Bonchev–Trinajstić information content (AvgIpc) is 3.09. The third-order valence-corrected chi connectivity index (χ3v) is 6.01. The topological polar surface area (TPSA) is 66.5 Å². The number of nitrogens with one attached hydrogen (secondary N) is 1. The first-order valence-electron chi connectivity index (χ1n) is 10.3. The standard InChI is InChI=1S/C22H30N2O3/c1-2-23-21(27)18-12-14-20(26)24(18)22(15-7-4-8-16-22)19(25)13-11-17-9-5-3-6-10-17/h3,5-6,9-10,18H,2,4,7-8,11-16H2,1H3,(H,23,27)/t18-/m0/s1. The van der Waals surface area contributed by atoms with Crippen molar-refractivity contribution >= 4 is 17.6 Å². The Labute approximate surface area is 161 Å². The fourth-order valence-corrected chi connectivity index (χ4v) is 4.69. The first-order valence-corrected chi connectivity index (χ1v) is 10.3. The van der Waals surface area contributed by atoms with E-state index in [-0.39, 0.29) is 17.6 Å².